The zero-order valence-electron chi connectivity index (χ0n) is 13.2. The van der Waals surface area contributed by atoms with E-state index in [0.29, 0.717) is 39.1 Å². The Morgan fingerprint density at radius 2 is 1.65 bits per heavy atom. The lowest BCUT2D eigenvalue weighted by Gasteiger charge is -2.38. The van der Waals surface area contributed by atoms with Crippen LogP contribution < -0.4 is 5.73 Å². The van der Waals surface area contributed by atoms with Gasteiger partial charge in [0.1, 0.15) is 0 Å². The summed E-state index contributed by atoms with van der Waals surface area (Å²) in [6.07, 6.45) is 1.58. The molecule has 0 radical (unpaired) electrons. The summed E-state index contributed by atoms with van der Waals surface area (Å²) >= 11 is 0. The predicted molar refractivity (Wildman–Crippen MR) is 79.2 cm³/mol. The fourth-order valence-corrected chi connectivity index (χ4v) is 2.52. The molecule has 1 aliphatic rings. The summed E-state index contributed by atoms with van der Waals surface area (Å²) in [5.41, 5.74) is 5.30. The van der Waals surface area contributed by atoms with Gasteiger partial charge in [0.05, 0.1) is 12.1 Å². The average Bonchev–Trinajstić information content (AvgIpc) is 2.37. The number of carbonyl (C=O) groups is 2. The first-order chi connectivity index (χ1) is 9.27. The Balaban J connectivity index is 2.50. The average molecular weight is 284 g/mol. The first-order valence-electron chi connectivity index (χ1n) is 7.28. The second-order valence-electron chi connectivity index (χ2n) is 6.08. The molecule has 1 saturated heterocycles. The molecule has 6 heteroatoms. The molecule has 6 nitrogen and oxygen atoms in total. The Bertz CT molecular complexity index is 347. The largest absolute Gasteiger partial charge is 0.338 e. The van der Waals surface area contributed by atoms with E-state index in [1.807, 2.05) is 30.8 Å². The van der Waals surface area contributed by atoms with Crippen molar-refractivity contribution in [2.75, 3.05) is 46.8 Å². The molecule has 1 aliphatic heterocycles. The number of piperazine rings is 1. The third kappa shape index (κ3) is 4.45. The van der Waals surface area contributed by atoms with Crippen LogP contribution in [0.4, 0.5) is 0 Å². The molecule has 0 aromatic heterocycles. The minimum atomic E-state index is -0.787. The van der Waals surface area contributed by atoms with Crippen molar-refractivity contribution in [2.24, 2.45) is 5.73 Å². The molecule has 0 saturated carbocycles. The lowest BCUT2D eigenvalue weighted by molar-refractivity contribution is -0.143. The first-order valence-corrected chi connectivity index (χ1v) is 7.28. The zero-order valence-corrected chi connectivity index (χ0v) is 13.2. The summed E-state index contributed by atoms with van der Waals surface area (Å²) in [6.45, 7) is 6.58. The second kappa shape index (κ2) is 7.04. The highest BCUT2D eigenvalue weighted by Crippen LogP contribution is 2.14. The summed E-state index contributed by atoms with van der Waals surface area (Å²) < 4.78 is 0. The van der Waals surface area contributed by atoms with Crippen molar-refractivity contribution in [2.45, 2.75) is 32.2 Å². The maximum atomic E-state index is 12.4. The molecule has 2 amide bonds. The molecular formula is C14H28N4O2. The summed E-state index contributed by atoms with van der Waals surface area (Å²) in [5.74, 6) is 0.116. The van der Waals surface area contributed by atoms with E-state index in [1.54, 1.807) is 11.8 Å². The van der Waals surface area contributed by atoms with Gasteiger partial charge in [0.15, 0.2) is 0 Å². The maximum absolute atomic E-state index is 12.4. The van der Waals surface area contributed by atoms with Crippen molar-refractivity contribution in [1.29, 1.82) is 0 Å². The minimum Gasteiger partial charge on any atom is -0.338 e. The molecule has 2 N–H and O–H groups in total. The number of hydrogen-bond donors (Lipinski definition) is 1. The molecule has 0 aliphatic carbocycles. The van der Waals surface area contributed by atoms with Crippen LogP contribution in [0.2, 0.25) is 0 Å². The molecule has 1 unspecified atom stereocenters. The Kier molecular flexibility index (Phi) is 5.95. The van der Waals surface area contributed by atoms with Crippen LogP contribution in [-0.4, -0.2) is 78.9 Å². The lowest BCUT2D eigenvalue weighted by atomic mass is 9.95. The highest BCUT2D eigenvalue weighted by Gasteiger charge is 2.34. The van der Waals surface area contributed by atoms with Crippen molar-refractivity contribution in [3.63, 3.8) is 0 Å². The standard InChI is InChI=1S/C14H28N4O2/c1-5-6-14(2,15)13(20)18-9-7-17(8-10-18)12(19)11-16(3)4/h5-11,15H2,1-4H3. The first kappa shape index (κ1) is 16.9. The summed E-state index contributed by atoms with van der Waals surface area (Å²) in [5, 5.41) is 0. The van der Waals surface area contributed by atoms with Crippen LogP contribution in [0, 0.1) is 0 Å². The molecule has 1 atom stereocenters. The van der Waals surface area contributed by atoms with Crippen molar-refractivity contribution in [3.8, 4) is 0 Å². The van der Waals surface area contributed by atoms with Crippen molar-refractivity contribution in [1.82, 2.24) is 14.7 Å². The van der Waals surface area contributed by atoms with Crippen LogP contribution in [0.1, 0.15) is 26.7 Å². The van der Waals surface area contributed by atoms with Crippen LogP contribution in [0.5, 0.6) is 0 Å². The minimum absolute atomic E-state index is 0.000872. The molecule has 1 heterocycles. The van der Waals surface area contributed by atoms with Gasteiger partial charge in [-0.15, -0.1) is 0 Å². The van der Waals surface area contributed by atoms with Crippen molar-refractivity contribution in [3.05, 3.63) is 0 Å². The van der Waals surface area contributed by atoms with Crippen LogP contribution in [0.3, 0.4) is 0 Å². The third-order valence-electron chi connectivity index (χ3n) is 3.63. The van der Waals surface area contributed by atoms with Crippen molar-refractivity contribution >= 4 is 11.8 Å². The van der Waals surface area contributed by atoms with Gasteiger partial charge in [0.2, 0.25) is 11.8 Å². The maximum Gasteiger partial charge on any atom is 0.242 e. The van der Waals surface area contributed by atoms with E-state index in [1.165, 1.54) is 0 Å². The van der Waals surface area contributed by atoms with Crippen LogP contribution in [-0.2, 0) is 9.59 Å². The predicted octanol–water partition coefficient (Wildman–Crippen LogP) is -0.264. The van der Waals surface area contributed by atoms with E-state index < -0.39 is 5.54 Å². The number of amides is 2. The number of nitrogens with two attached hydrogens (primary N) is 1. The van der Waals surface area contributed by atoms with Gasteiger partial charge in [-0.05, 0) is 27.4 Å². The summed E-state index contributed by atoms with van der Waals surface area (Å²) in [7, 11) is 3.75. The van der Waals surface area contributed by atoms with E-state index in [9.17, 15) is 9.59 Å². The topological polar surface area (TPSA) is 69.9 Å². The number of rotatable bonds is 5. The highest BCUT2D eigenvalue weighted by molar-refractivity contribution is 5.86. The van der Waals surface area contributed by atoms with Gasteiger partial charge in [0.25, 0.3) is 0 Å². The number of carbonyl (C=O) groups excluding carboxylic acids is 2. The van der Waals surface area contributed by atoms with Crippen molar-refractivity contribution < 1.29 is 9.59 Å². The van der Waals surface area contributed by atoms with E-state index >= 15 is 0 Å². The van der Waals surface area contributed by atoms with Crippen LogP contribution >= 0.6 is 0 Å². The Hall–Kier alpha value is -1.14. The Morgan fingerprint density at radius 3 is 2.10 bits per heavy atom. The molecule has 20 heavy (non-hydrogen) atoms. The SMILES string of the molecule is CCCC(C)(N)C(=O)N1CCN(C(=O)CN(C)C)CC1. The smallest absolute Gasteiger partial charge is 0.242 e. The van der Waals surface area contributed by atoms with E-state index in [0.717, 1.165) is 6.42 Å². The van der Waals surface area contributed by atoms with Crippen LogP contribution in [0.15, 0.2) is 0 Å². The Labute approximate surface area is 121 Å². The lowest BCUT2D eigenvalue weighted by Crippen LogP contribution is -2.59. The number of nitrogens with zero attached hydrogens (tertiary/aromatic N) is 3. The van der Waals surface area contributed by atoms with Gasteiger partial charge in [-0.1, -0.05) is 13.3 Å². The molecule has 116 valence electrons. The van der Waals surface area contributed by atoms with E-state index in [2.05, 4.69) is 0 Å². The normalized spacial score (nSPS) is 19.1. The van der Waals surface area contributed by atoms with Gasteiger partial charge in [-0.3, -0.25) is 9.59 Å². The molecule has 0 bridgehead atoms. The fraction of sp³-hybridized carbons (Fsp3) is 0.857. The molecule has 1 fully saturated rings. The quantitative estimate of drug-likeness (QED) is 0.755. The fourth-order valence-electron chi connectivity index (χ4n) is 2.52. The number of likely N-dealkylation sites (N-methyl/N-ethyl adjacent to an activating group) is 1. The van der Waals surface area contributed by atoms with Gasteiger partial charge in [-0.2, -0.15) is 0 Å². The van der Waals surface area contributed by atoms with Gasteiger partial charge < -0.3 is 20.4 Å². The second-order valence-corrected chi connectivity index (χ2v) is 6.08. The number of hydrogen-bond acceptors (Lipinski definition) is 4. The van der Waals surface area contributed by atoms with Gasteiger partial charge >= 0.3 is 0 Å². The van der Waals surface area contributed by atoms with E-state index in [4.69, 9.17) is 5.73 Å². The zero-order chi connectivity index (χ0) is 15.3. The van der Waals surface area contributed by atoms with Gasteiger partial charge in [-0.25, -0.2) is 0 Å². The molecule has 0 aromatic rings. The summed E-state index contributed by atoms with van der Waals surface area (Å²) in [4.78, 5) is 29.8. The Morgan fingerprint density at radius 1 is 1.15 bits per heavy atom. The molecule has 1 rings (SSSR count). The molecule has 0 spiro atoms. The molecular weight excluding hydrogens is 256 g/mol. The monoisotopic (exact) mass is 284 g/mol. The highest BCUT2D eigenvalue weighted by atomic mass is 16.2. The van der Waals surface area contributed by atoms with E-state index in [-0.39, 0.29) is 11.8 Å². The third-order valence-corrected chi connectivity index (χ3v) is 3.63. The van der Waals surface area contributed by atoms with Gasteiger partial charge in [0, 0.05) is 26.2 Å². The molecule has 0 aromatic carbocycles. The van der Waals surface area contributed by atoms with Crippen LogP contribution in [0.25, 0.3) is 0 Å². The summed E-state index contributed by atoms with van der Waals surface area (Å²) in [6, 6.07) is 0.